The number of anilines is 1. The van der Waals surface area contributed by atoms with Gasteiger partial charge in [-0.1, -0.05) is 0 Å². The molecule has 1 aromatic rings. The lowest BCUT2D eigenvalue weighted by atomic mass is 10.1. The van der Waals surface area contributed by atoms with Crippen LogP contribution >= 0.6 is 0 Å². The third kappa shape index (κ3) is 2.73. The van der Waals surface area contributed by atoms with Crippen LogP contribution in [-0.4, -0.2) is 36.0 Å². The molecule has 0 unspecified atom stereocenters. The zero-order chi connectivity index (χ0) is 14.0. The summed E-state index contributed by atoms with van der Waals surface area (Å²) in [6.45, 7) is 1.82. The maximum Gasteiger partial charge on any atom is 0.335 e. The van der Waals surface area contributed by atoms with Crippen molar-refractivity contribution in [1.29, 1.82) is 0 Å². The van der Waals surface area contributed by atoms with Crippen LogP contribution in [0, 0.1) is 0 Å². The highest BCUT2D eigenvalue weighted by molar-refractivity contribution is 5.99. The molecule has 0 saturated heterocycles. The van der Waals surface area contributed by atoms with Crippen molar-refractivity contribution in [2.45, 2.75) is 13.3 Å². The van der Waals surface area contributed by atoms with Gasteiger partial charge in [-0.3, -0.25) is 9.59 Å². The summed E-state index contributed by atoms with van der Waals surface area (Å²) in [6.07, 6.45) is 0.627. The van der Waals surface area contributed by atoms with Crippen LogP contribution in [0.2, 0.25) is 0 Å². The number of hydrogen-bond donors (Lipinski definition) is 2. The number of carbonyl (C=O) groups is 3. The zero-order valence-corrected chi connectivity index (χ0v) is 10.5. The third-order valence-electron chi connectivity index (χ3n) is 3.01. The minimum Gasteiger partial charge on any atom is -0.478 e. The van der Waals surface area contributed by atoms with Crippen molar-refractivity contribution in [3.05, 3.63) is 29.3 Å². The van der Waals surface area contributed by atoms with Gasteiger partial charge in [0.05, 0.1) is 12.1 Å². The van der Waals surface area contributed by atoms with Crippen LogP contribution in [0.3, 0.4) is 0 Å². The first-order chi connectivity index (χ1) is 8.99. The lowest BCUT2D eigenvalue weighted by Gasteiger charge is -2.17. The Balaban J connectivity index is 2.16. The Kier molecular flexibility index (Phi) is 3.50. The topological polar surface area (TPSA) is 86.7 Å². The van der Waals surface area contributed by atoms with Crippen LogP contribution in [0.15, 0.2) is 18.2 Å². The molecule has 6 heteroatoms. The van der Waals surface area contributed by atoms with Crippen molar-refractivity contribution >= 4 is 23.5 Å². The molecule has 0 aromatic heterocycles. The second-order valence-electron chi connectivity index (χ2n) is 4.35. The molecular weight excluding hydrogens is 248 g/mol. The highest BCUT2D eigenvalue weighted by Gasteiger charge is 2.25. The quantitative estimate of drug-likeness (QED) is 0.826. The minimum absolute atomic E-state index is 0.0462. The monoisotopic (exact) mass is 262 g/mol. The largest absolute Gasteiger partial charge is 0.478 e. The highest BCUT2D eigenvalue weighted by atomic mass is 16.4. The van der Waals surface area contributed by atoms with Gasteiger partial charge in [-0.2, -0.15) is 0 Å². The van der Waals surface area contributed by atoms with Gasteiger partial charge in [0, 0.05) is 19.2 Å². The molecule has 100 valence electrons. The van der Waals surface area contributed by atoms with Crippen molar-refractivity contribution in [3.63, 3.8) is 0 Å². The van der Waals surface area contributed by atoms with E-state index < -0.39 is 5.97 Å². The van der Waals surface area contributed by atoms with Gasteiger partial charge in [0.25, 0.3) is 0 Å². The van der Waals surface area contributed by atoms with Gasteiger partial charge in [-0.25, -0.2) is 4.79 Å². The summed E-state index contributed by atoms with van der Waals surface area (Å²) in [5.41, 5.74) is 1.78. The molecular formula is C13H14N2O4. The number of carbonyl (C=O) groups excluding carboxylic acids is 2. The molecule has 0 fully saturated rings. The molecule has 0 bridgehead atoms. The van der Waals surface area contributed by atoms with Gasteiger partial charge >= 0.3 is 5.97 Å². The molecule has 1 aliphatic heterocycles. The number of carboxylic acids is 1. The molecule has 6 nitrogen and oxygen atoms in total. The average molecular weight is 262 g/mol. The van der Waals surface area contributed by atoms with E-state index in [0.717, 1.165) is 11.3 Å². The molecule has 0 radical (unpaired) electrons. The van der Waals surface area contributed by atoms with Gasteiger partial charge in [0.2, 0.25) is 11.8 Å². The molecule has 2 amide bonds. The number of amides is 2. The molecule has 2 N–H and O–H groups in total. The molecule has 0 aliphatic carbocycles. The summed E-state index contributed by atoms with van der Waals surface area (Å²) >= 11 is 0. The number of nitrogens with one attached hydrogen (secondary N) is 1. The van der Waals surface area contributed by atoms with Crippen molar-refractivity contribution in [2.24, 2.45) is 0 Å². The van der Waals surface area contributed by atoms with Crippen molar-refractivity contribution in [3.8, 4) is 0 Å². The summed E-state index contributed by atoms with van der Waals surface area (Å²) in [5.74, 6) is -1.43. The van der Waals surface area contributed by atoms with Gasteiger partial charge < -0.3 is 15.3 Å². The molecule has 2 rings (SSSR count). The first-order valence-electron chi connectivity index (χ1n) is 5.90. The van der Waals surface area contributed by atoms with E-state index in [1.54, 1.807) is 17.0 Å². The third-order valence-corrected chi connectivity index (χ3v) is 3.01. The van der Waals surface area contributed by atoms with Crippen LogP contribution < -0.4 is 10.2 Å². The van der Waals surface area contributed by atoms with E-state index in [9.17, 15) is 14.4 Å². The van der Waals surface area contributed by atoms with Gasteiger partial charge in [0.15, 0.2) is 0 Å². The SMILES string of the molecule is CC(=O)NCC(=O)N1CCc2cc(C(=O)O)ccc21. The maximum absolute atomic E-state index is 11.9. The predicted molar refractivity (Wildman–Crippen MR) is 68.1 cm³/mol. The molecule has 0 saturated carbocycles. The van der Waals surface area contributed by atoms with E-state index in [1.807, 2.05) is 0 Å². The lowest BCUT2D eigenvalue weighted by Crippen LogP contribution is -2.38. The molecule has 19 heavy (non-hydrogen) atoms. The summed E-state index contributed by atoms with van der Waals surface area (Å²) < 4.78 is 0. The Bertz CT molecular complexity index is 554. The zero-order valence-electron chi connectivity index (χ0n) is 10.5. The normalized spacial score (nSPS) is 13.0. The van der Waals surface area contributed by atoms with E-state index in [1.165, 1.54) is 13.0 Å². The maximum atomic E-state index is 11.9. The Morgan fingerprint density at radius 1 is 1.37 bits per heavy atom. The average Bonchev–Trinajstić information content (AvgIpc) is 2.78. The number of nitrogens with zero attached hydrogens (tertiary/aromatic N) is 1. The molecule has 1 aliphatic rings. The minimum atomic E-state index is -0.981. The Hall–Kier alpha value is -2.37. The number of hydrogen-bond acceptors (Lipinski definition) is 3. The summed E-state index contributed by atoms with van der Waals surface area (Å²) in [7, 11) is 0. The highest BCUT2D eigenvalue weighted by Crippen LogP contribution is 2.28. The van der Waals surface area contributed by atoms with Crippen LogP contribution in [0.5, 0.6) is 0 Å². The van der Waals surface area contributed by atoms with Gasteiger partial charge in [0.1, 0.15) is 0 Å². The molecule has 0 atom stereocenters. The standard InChI is InChI=1S/C13H14N2O4/c1-8(16)14-7-12(17)15-5-4-9-6-10(13(18)19)2-3-11(9)15/h2-3,6H,4-5,7H2,1H3,(H,14,16)(H,18,19). The van der Waals surface area contributed by atoms with E-state index >= 15 is 0 Å². The summed E-state index contributed by atoms with van der Waals surface area (Å²) in [6, 6.07) is 4.70. The Morgan fingerprint density at radius 2 is 2.11 bits per heavy atom. The predicted octanol–water partition coefficient (Wildman–Crippen LogP) is 0.410. The second-order valence-corrected chi connectivity index (χ2v) is 4.35. The molecule has 1 heterocycles. The van der Waals surface area contributed by atoms with Crippen LogP contribution in [0.4, 0.5) is 5.69 Å². The number of aromatic carboxylic acids is 1. The lowest BCUT2D eigenvalue weighted by molar-refractivity contribution is -0.123. The fourth-order valence-electron chi connectivity index (χ4n) is 2.09. The number of fused-ring (bicyclic) bond motifs is 1. The fourth-order valence-corrected chi connectivity index (χ4v) is 2.09. The van der Waals surface area contributed by atoms with Crippen LogP contribution in [-0.2, 0) is 16.0 Å². The first kappa shape index (κ1) is 13.1. The molecule has 1 aromatic carbocycles. The van der Waals surface area contributed by atoms with Crippen molar-refractivity contribution in [1.82, 2.24) is 5.32 Å². The Morgan fingerprint density at radius 3 is 2.74 bits per heavy atom. The van der Waals surface area contributed by atoms with E-state index in [4.69, 9.17) is 5.11 Å². The van der Waals surface area contributed by atoms with Crippen LogP contribution in [0.1, 0.15) is 22.8 Å². The Labute approximate surface area is 110 Å². The van der Waals surface area contributed by atoms with Gasteiger partial charge in [-0.15, -0.1) is 0 Å². The van der Waals surface area contributed by atoms with E-state index in [2.05, 4.69) is 5.32 Å². The second kappa shape index (κ2) is 5.09. The van der Waals surface area contributed by atoms with Crippen molar-refractivity contribution in [2.75, 3.05) is 18.0 Å². The number of carboxylic acid groups (broad SMARTS) is 1. The summed E-state index contributed by atoms with van der Waals surface area (Å²) in [4.78, 5) is 35.1. The number of benzene rings is 1. The summed E-state index contributed by atoms with van der Waals surface area (Å²) in [5, 5.41) is 11.4. The number of rotatable bonds is 3. The smallest absolute Gasteiger partial charge is 0.335 e. The first-order valence-corrected chi connectivity index (χ1v) is 5.90. The van der Waals surface area contributed by atoms with Crippen molar-refractivity contribution < 1.29 is 19.5 Å². The van der Waals surface area contributed by atoms with E-state index in [-0.39, 0.29) is 23.9 Å². The van der Waals surface area contributed by atoms with E-state index in [0.29, 0.717) is 13.0 Å². The fraction of sp³-hybridized carbons (Fsp3) is 0.308. The molecule has 0 spiro atoms. The van der Waals surface area contributed by atoms with Crippen LogP contribution in [0.25, 0.3) is 0 Å². The van der Waals surface area contributed by atoms with Gasteiger partial charge in [-0.05, 0) is 30.2 Å².